The number of carboxylic acid groups (broad SMARTS) is 1. The van der Waals surface area contributed by atoms with Gasteiger partial charge in [-0.1, -0.05) is 46.3 Å². The minimum Gasteiger partial charge on any atom is -0.465 e. The molecule has 0 saturated carbocycles. The molecule has 2 unspecified atom stereocenters. The molecule has 3 rings (SSSR count). The van der Waals surface area contributed by atoms with Crippen molar-refractivity contribution in [2.45, 2.75) is 46.9 Å². The third-order valence-corrected chi connectivity index (χ3v) is 7.81. The molecule has 1 aromatic rings. The summed E-state index contributed by atoms with van der Waals surface area (Å²) in [6, 6.07) is 5.91. The monoisotopic (exact) mass is 463 g/mol. The highest BCUT2D eigenvalue weighted by Gasteiger charge is 2.45. The molecule has 1 aliphatic heterocycles. The number of halogens is 1. The van der Waals surface area contributed by atoms with E-state index in [1.165, 1.54) is 4.90 Å². The summed E-state index contributed by atoms with van der Waals surface area (Å²) in [7, 11) is 0. The maximum Gasteiger partial charge on any atom is 0.409 e. The average Bonchev–Trinajstić information content (AvgIpc) is 2.98. The van der Waals surface area contributed by atoms with E-state index in [0.717, 1.165) is 5.56 Å². The molecule has 28 heavy (non-hydrogen) atoms. The Hall–Kier alpha value is -1.82. The molecule has 1 amide bonds. The summed E-state index contributed by atoms with van der Waals surface area (Å²) in [5.41, 5.74) is 0.137. The van der Waals surface area contributed by atoms with Gasteiger partial charge in [-0.25, -0.2) is 4.79 Å². The van der Waals surface area contributed by atoms with Crippen LogP contribution in [0.2, 0.25) is 0 Å². The van der Waals surface area contributed by atoms with Crippen LogP contribution in [0.4, 0.5) is 4.79 Å². The zero-order chi connectivity index (χ0) is 20.4. The van der Waals surface area contributed by atoms with Crippen molar-refractivity contribution >= 4 is 33.8 Å². The number of ether oxygens (including phenoxy) is 1. The number of rotatable bonds is 5. The molecule has 2 heterocycles. The van der Waals surface area contributed by atoms with Gasteiger partial charge in [0, 0.05) is 17.6 Å². The zero-order valence-corrected chi connectivity index (χ0v) is 18.1. The molecule has 148 valence electrons. The minimum atomic E-state index is -0.991. The average molecular weight is 464 g/mol. The largest absolute Gasteiger partial charge is 0.465 e. The molecule has 1 fully saturated rings. The summed E-state index contributed by atoms with van der Waals surface area (Å²) in [6.45, 7) is 3.87. The number of aromatic nitrogens is 1. The van der Waals surface area contributed by atoms with E-state index in [1.807, 2.05) is 36.4 Å². The number of alkyl halides is 1. The fraction of sp³-hybridized carbons (Fsp3) is 0.450. The van der Waals surface area contributed by atoms with Gasteiger partial charge in [0.1, 0.15) is 10.0 Å². The van der Waals surface area contributed by atoms with Gasteiger partial charge >= 0.3 is 6.09 Å². The highest BCUT2D eigenvalue weighted by atomic mass is 79.9. The number of pyridine rings is 1. The van der Waals surface area contributed by atoms with Gasteiger partial charge in [-0.2, -0.15) is 5.26 Å². The quantitative estimate of drug-likeness (QED) is 0.646. The smallest absolute Gasteiger partial charge is 0.409 e. The van der Waals surface area contributed by atoms with Gasteiger partial charge in [0.2, 0.25) is 0 Å². The van der Waals surface area contributed by atoms with E-state index in [1.54, 1.807) is 38.0 Å². The predicted octanol–water partition coefficient (Wildman–Crippen LogP) is 4.51. The van der Waals surface area contributed by atoms with Crippen LogP contribution in [0, 0.1) is 11.3 Å². The molecule has 1 aromatic heterocycles. The molecule has 1 aliphatic carbocycles. The van der Waals surface area contributed by atoms with Crippen LogP contribution < -0.4 is 0 Å². The third kappa shape index (κ3) is 4.27. The molecule has 1 N–H and O–H groups in total. The molecular weight excluding hydrogens is 442 g/mol. The van der Waals surface area contributed by atoms with Crippen molar-refractivity contribution in [2.24, 2.45) is 0 Å². The van der Waals surface area contributed by atoms with Crippen LogP contribution in [0.5, 0.6) is 0 Å². The first kappa shape index (κ1) is 20.9. The van der Waals surface area contributed by atoms with Crippen LogP contribution in [0.15, 0.2) is 48.8 Å². The summed E-state index contributed by atoms with van der Waals surface area (Å²) in [5.74, 6) is 0. The SMILES string of the molecule is CC1(C)OC[C@H](C[C@@H](SC2C=CC=CC2(Br)C#N)c2cccnc2)N1C(=O)O. The number of thioether (sulfide) groups is 1. The van der Waals surface area contributed by atoms with E-state index in [0.29, 0.717) is 13.0 Å². The number of amides is 1. The predicted molar refractivity (Wildman–Crippen MR) is 112 cm³/mol. The highest BCUT2D eigenvalue weighted by molar-refractivity contribution is 9.10. The molecule has 6 nitrogen and oxygen atoms in total. The number of allylic oxidation sites excluding steroid dienone is 3. The van der Waals surface area contributed by atoms with Crippen LogP contribution >= 0.6 is 27.7 Å². The maximum atomic E-state index is 11.8. The Morgan fingerprint density at radius 2 is 2.36 bits per heavy atom. The van der Waals surface area contributed by atoms with Gasteiger partial charge in [-0.15, -0.1) is 11.8 Å². The van der Waals surface area contributed by atoms with E-state index in [2.05, 4.69) is 27.0 Å². The first-order chi connectivity index (χ1) is 13.3. The molecule has 8 heteroatoms. The molecular formula is C20H22BrN3O3S. The second-order valence-electron chi connectivity index (χ2n) is 7.26. The number of nitrogens with zero attached hydrogens (tertiary/aromatic N) is 3. The van der Waals surface area contributed by atoms with Gasteiger partial charge in [0.05, 0.1) is 24.0 Å². The summed E-state index contributed by atoms with van der Waals surface area (Å²) in [6.07, 6.45) is 10.7. The molecule has 0 bridgehead atoms. The highest BCUT2D eigenvalue weighted by Crippen LogP contribution is 2.46. The van der Waals surface area contributed by atoms with Crippen LogP contribution in [-0.2, 0) is 4.74 Å². The van der Waals surface area contributed by atoms with Gasteiger partial charge in [0.15, 0.2) is 0 Å². The van der Waals surface area contributed by atoms with Gasteiger partial charge in [-0.3, -0.25) is 9.88 Å². The second-order valence-corrected chi connectivity index (χ2v) is 9.92. The summed E-state index contributed by atoms with van der Waals surface area (Å²) in [5, 5.41) is 19.2. The summed E-state index contributed by atoms with van der Waals surface area (Å²) < 4.78 is 4.95. The third-order valence-electron chi connectivity index (χ3n) is 4.95. The van der Waals surface area contributed by atoms with E-state index in [9.17, 15) is 15.2 Å². The molecule has 0 radical (unpaired) electrons. The van der Waals surface area contributed by atoms with Gasteiger partial charge < -0.3 is 9.84 Å². The normalized spacial score (nSPS) is 29.4. The van der Waals surface area contributed by atoms with Gasteiger partial charge in [-0.05, 0) is 31.9 Å². The van der Waals surface area contributed by atoms with Crippen molar-refractivity contribution in [1.82, 2.24) is 9.88 Å². The molecule has 4 atom stereocenters. The topological polar surface area (TPSA) is 86.5 Å². The lowest BCUT2D eigenvalue weighted by Crippen LogP contribution is -2.47. The maximum absolute atomic E-state index is 11.8. The van der Waals surface area contributed by atoms with Crippen LogP contribution in [0.25, 0.3) is 0 Å². The number of hydrogen-bond acceptors (Lipinski definition) is 5. The minimum absolute atomic E-state index is 0.0514. The van der Waals surface area contributed by atoms with Crippen molar-refractivity contribution in [1.29, 1.82) is 5.26 Å². The Labute approximate surface area is 177 Å². The van der Waals surface area contributed by atoms with E-state index in [-0.39, 0.29) is 16.5 Å². The fourth-order valence-corrected chi connectivity index (χ4v) is 5.67. The Bertz CT molecular complexity index is 824. The lowest BCUT2D eigenvalue weighted by atomic mass is 10.0. The molecule has 0 spiro atoms. The van der Waals surface area contributed by atoms with Gasteiger partial charge in [0.25, 0.3) is 0 Å². The Morgan fingerprint density at radius 1 is 1.57 bits per heavy atom. The van der Waals surface area contributed by atoms with Crippen molar-refractivity contribution in [3.63, 3.8) is 0 Å². The van der Waals surface area contributed by atoms with Crippen molar-refractivity contribution in [3.05, 3.63) is 54.4 Å². The lowest BCUT2D eigenvalue weighted by molar-refractivity contribution is -0.0421. The fourth-order valence-electron chi connectivity index (χ4n) is 3.55. The van der Waals surface area contributed by atoms with Crippen molar-refractivity contribution < 1.29 is 14.6 Å². The first-order valence-electron chi connectivity index (χ1n) is 8.94. The van der Waals surface area contributed by atoms with E-state index in [4.69, 9.17) is 4.74 Å². The number of hydrogen-bond donors (Lipinski definition) is 1. The van der Waals surface area contributed by atoms with Crippen molar-refractivity contribution in [3.8, 4) is 6.07 Å². The Kier molecular flexibility index (Phi) is 6.18. The van der Waals surface area contributed by atoms with Crippen LogP contribution in [-0.4, -0.2) is 49.0 Å². The Balaban J connectivity index is 1.87. The summed E-state index contributed by atoms with van der Waals surface area (Å²) in [4.78, 5) is 17.5. The number of nitriles is 1. The molecule has 2 aliphatic rings. The molecule has 1 saturated heterocycles. The number of carbonyl (C=O) groups is 1. The lowest BCUT2D eigenvalue weighted by Gasteiger charge is -2.34. The first-order valence-corrected chi connectivity index (χ1v) is 10.7. The standard InChI is InChI=1S/C20H22BrN3O3S/c1-19(2)24(18(25)26)15(12-27-19)10-16(14-6-5-9-23-11-14)28-17-7-3-4-8-20(17,21)13-22/h3-9,11,15-17H,10,12H2,1-2H3,(H,25,26)/t15-,16+,17?,20?/m0/s1. The van der Waals surface area contributed by atoms with Crippen molar-refractivity contribution in [2.75, 3.05) is 6.61 Å². The van der Waals surface area contributed by atoms with E-state index < -0.39 is 16.1 Å². The molecule has 0 aromatic carbocycles. The Morgan fingerprint density at radius 3 is 3.00 bits per heavy atom. The van der Waals surface area contributed by atoms with Crippen LogP contribution in [0.3, 0.4) is 0 Å². The second kappa shape index (κ2) is 8.27. The zero-order valence-electron chi connectivity index (χ0n) is 15.7. The van der Waals surface area contributed by atoms with Crippen LogP contribution in [0.1, 0.15) is 31.1 Å². The van der Waals surface area contributed by atoms with E-state index >= 15 is 0 Å². The summed E-state index contributed by atoms with van der Waals surface area (Å²) >= 11 is 5.19.